The highest BCUT2D eigenvalue weighted by Gasteiger charge is 2.49. The van der Waals surface area contributed by atoms with Crippen LogP contribution in [-0.4, -0.2) is 33.0 Å². The first kappa shape index (κ1) is 12.7. The maximum absolute atomic E-state index is 12.4. The molecule has 1 aromatic heterocycles. The van der Waals surface area contributed by atoms with E-state index in [1.165, 1.54) is 12.8 Å². The zero-order valence-corrected chi connectivity index (χ0v) is 12.5. The van der Waals surface area contributed by atoms with Gasteiger partial charge in [-0.15, -0.1) is 0 Å². The largest absolute Gasteiger partial charge is 0.324 e. The van der Waals surface area contributed by atoms with E-state index in [1.807, 2.05) is 18.0 Å². The van der Waals surface area contributed by atoms with Gasteiger partial charge in [-0.1, -0.05) is 11.9 Å². The summed E-state index contributed by atoms with van der Waals surface area (Å²) in [6, 6.07) is 2.01. The summed E-state index contributed by atoms with van der Waals surface area (Å²) < 4.78 is 2.94. The second-order valence-electron chi connectivity index (χ2n) is 6.43. The summed E-state index contributed by atoms with van der Waals surface area (Å²) in [6.45, 7) is 4.33. The van der Waals surface area contributed by atoms with Crippen LogP contribution in [0.5, 0.6) is 0 Å². The summed E-state index contributed by atoms with van der Waals surface area (Å²) in [4.78, 5) is 16.6. The lowest BCUT2D eigenvalue weighted by atomic mass is 9.74. The highest BCUT2D eigenvalue weighted by atomic mass is 32.2. The van der Waals surface area contributed by atoms with Crippen LogP contribution in [0.4, 0.5) is 5.69 Å². The highest BCUT2D eigenvalue weighted by molar-refractivity contribution is 7.98. The number of carbonyl (C=O) groups excluding carboxylic acids is 1. The molecule has 0 bridgehead atoms. The van der Waals surface area contributed by atoms with E-state index in [1.54, 1.807) is 12.4 Å². The number of nitrogens with zero attached hydrogens (tertiary/aromatic N) is 2. The van der Waals surface area contributed by atoms with Crippen molar-refractivity contribution in [3.8, 4) is 0 Å². The van der Waals surface area contributed by atoms with E-state index in [-0.39, 0.29) is 11.3 Å². The Balaban J connectivity index is 1.54. The van der Waals surface area contributed by atoms with Crippen LogP contribution in [0.15, 0.2) is 18.5 Å². The fraction of sp³-hybridized carbons (Fsp3) is 0.600. The summed E-state index contributed by atoms with van der Waals surface area (Å²) in [5.41, 5.74) is 1.76. The summed E-state index contributed by atoms with van der Waals surface area (Å²) in [5, 5.41) is 3.01. The second kappa shape index (κ2) is 4.21. The number of hydrogen-bond acceptors (Lipinski definition) is 4. The van der Waals surface area contributed by atoms with Gasteiger partial charge >= 0.3 is 0 Å². The lowest BCUT2D eigenvalue weighted by Gasteiger charge is -2.38. The Bertz CT molecular complexity index is 562. The molecule has 0 aromatic carbocycles. The zero-order valence-electron chi connectivity index (χ0n) is 11.7. The zero-order chi connectivity index (χ0) is 13.8. The SMILES string of the molecule is CC1(SN2CCC3(CC2)C(=O)Nc2cnccc23)CC1. The predicted octanol–water partition coefficient (Wildman–Crippen LogP) is 2.57. The van der Waals surface area contributed by atoms with Gasteiger partial charge in [0.15, 0.2) is 0 Å². The average molecular weight is 289 g/mol. The van der Waals surface area contributed by atoms with Crippen LogP contribution in [0.1, 0.15) is 38.2 Å². The van der Waals surface area contributed by atoms with E-state index < -0.39 is 0 Å². The van der Waals surface area contributed by atoms with Gasteiger partial charge in [0.2, 0.25) is 5.91 Å². The summed E-state index contributed by atoms with van der Waals surface area (Å²) in [5.74, 6) is 0.169. The Morgan fingerprint density at radius 2 is 2.05 bits per heavy atom. The number of amides is 1. The maximum Gasteiger partial charge on any atom is 0.235 e. The Labute approximate surface area is 123 Å². The monoisotopic (exact) mass is 289 g/mol. The number of piperidine rings is 1. The minimum Gasteiger partial charge on any atom is -0.324 e. The van der Waals surface area contributed by atoms with Gasteiger partial charge in [0.25, 0.3) is 0 Å². The van der Waals surface area contributed by atoms with E-state index in [9.17, 15) is 4.79 Å². The molecule has 106 valence electrons. The molecule has 1 spiro atoms. The van der Waals surface area contributed by atoms with Gasteiger partial charge < -0.3 is 5.32 Å². The number of carbonyl (C=O) groups is 1. The maximum atomic E-state index is 12.4. The molecule has 0 unspecified atom stereocenters. The number of nitrogens with one attached hydrogen (secondary N) is 1. The van der Waals surface area contributed by atoms with E-state index in [2.05, 4.69) is 21.5 Å². The van der Waals surface area contributed by atoms with Crippen LogP contribution >= 0.6 is 11.9 Å². The van der Waals surface area contributed by atoms with Gasteiger partial charge in [-0.2, -0.15) is 0 Å². The van der Waals surface area contributed by atoms with Crippen molar-refractivity contribution in [2.24, 2.45) is 0 Å². The number of aromatic nitrogens is 1. The van der Waals surface area contributed by atoms with E-state index in [4.69, 9.17) is 0 Å². The van der Waals surface area contributed by atoms with Crippen LogP contribution in [0.25, 0.3) is 0 Å². The molecule has 3 heterocycles. The fourth-order valence-electron chi connectivity index (χ4n) is 3.31. The molecule has 1 aromatic rings. The van der Waals surface area contributed by atoms with Crippen molar-refractivity contribution >= 4 is 23.5 Å². The van der Waals surface area contributed by atoms with Crippen molar-refractivity contribution < 1.29 is 4.79 Å². The Hall–Kier alpha value is -1.07. The lowest BCUT2D eigenvalue weighted by Crippen LogP contribution is -2.44. The number of fused-ring (bicyclic) bond motifs is 2. The molecule has 1 aliphatic carbocycles. The first-order valence-corrected chi connectivity index (χ1v) is 8.09. The molecule has 1 saturated heterocycles. The van der Waals surface area contributed by atoms with Crippen LogP contribution in [-0.2, 0) is 10.2 Å². The number of anilines is 1. The highest BCUT2D eigenvalue weighted by Crippen LogP contribution is 2.52. The second-order valence-corrected chi connectivity index (χ2v) is 8.11. The average Bonchev–Trinajstić information content (AvgIpc) is 3.11. The van der Waals surface area contributed by atoms with Gasteiger partial charge in [-0.25, -0.2) is 0 Å². The third kappa shape index (κ3) is 1.87. The molecule has 0 atom stereocenters. The Morgan fingerprint density at radius 1 is 1.30 bits per heavy atom. The third-order valence-electron chi connectivity index (χ3n) is 4.90. The summed E-state index contributed by atoms with van der Waals surface area (Å²) in [7, 11) is 0. The molecule has 1 N–H and O–H groups in total. The lowest BCUT2D eigenvalue weighted by molar-refractivity contribution is -0.122. The van der Waals surface area contributed by atoms with E-state index in [0.717, 1.165) is 37.2 Å². The molecular formula is C15H19N3OS. The molecule has 2 aliphatic heterocycles. The third-order valence-corrected chi connectivity index (χ3v) is 6.37. The first-order chi connectivity index (χ1) is 9.61. The van der Waals surface area contributed by atoms with Gasteiger partial charge in [0, 0.05) is 24.0 Å². The molecule has 4 rings (SSSR count). The smallest absolute Gasteiger partial charge is 0.235 e. The fourth-order valence-corrected chi connectivity index (χ4v) is 4.58. The standard InChI is InChI=1S/C15H19N3OS/c1-14(3-4-14)20-18-8-5-15(6-9-18)11-2-7-16-10-12(11)17-13(15)19/h2,7,10H,3-6,8-9H2,1H3,(H,17,19). The molecule has 0 radical (unpaired) electrons. The van der Waals surface area contributed by atoms with Crippen LogP contribution < -0.4 is 5.32 Å². The van der Waals surface area contributed by atoms with Crippen molar-refractivity contribution in [2.75, 3.05) is 18.4 Å². The van der Waals surface area contributed by atoms with E-state index in [0.29, 0.717) is 4.75 Å². The summed E-state index contributed by atoms with van der Waals surface area (Å²) in [6.07, 6.45) is 8.06. The minimum absolute atomic E-state index is 0.169. The van der Waals surface area contributed by atoms with E-state index >= 15 is 0 Å². The number of rotatable bonds is 2. The molecule has 3 aliphatic rings. The molecule has 1 amide bonds. The minimum atomic E-state index is -0.306. The molecular weight excluding hydrogens is 270 g/mol. The van der Waals surface area contributed by atoms with Crippen LogP contribution in [0.3, 0.4) is 0 Å². The van der Waals surface area contributed by atoms with Gasteiger partial charge in [-0.3, -0.25) is 14.1 Å². The van der Waals surface area contributed by atoms with Crippen molar-refractivity contribution in [1.29, 1.82) is 0 Å². The number of pyridine rings is 1. The van der Waals surface area contributed by atoms with Crippen molar-refractivity contribution in [2.45, 2.75) is 42.8 Å². The molecule has 2 fully saturated rings. The first-order valence-electron chi connectivity index (χ1n) is 7.31. The Kier molecular flexibility index (Phi) is 2.67. The number of hydrogen-bond donors (Lipinski definition) is 1. The molecule has 5 heteroatoms. The normalized spacial score (nSPS) is 26.4. The Morgan fingerprint density at radius 3 is 2.75 bits per heavy atom. The van der Waals surface area contributed by atoms with Crippen molar-refractivity contribution in [3.63, 3.8) is 0 Å². The van der Waals surface area contributed by atoms with Crippen LogP contribution in [0.2, 0.25) is 0 Å². The van der Waals surface area contributed by atoms with Crippen molar-refractivity contribution in [1.82, 2.24) is 9.29 Å². The quantitative estimate of drug-likeness (QED) is 0.850. The van der Waals surface area contributed by atoms with Crippen LogP contribution in [0, 0.1) is 0 Å². The van der Waals surface area contributed by atoms with Gasteiger partial charge in [0.1, 0.15) is 0 Å². The van der Waals surface area contributed by atoms with Crippen molar-refractivity contribution in [3.05, 3.63) is 24.0 Å². The van der Waals surface area contributed by atoms with Gasteiger partial charge in [-0.05, 0) is 44.2 Å². The summed E-state index contributed by atoms with van der Waals surface area (Å²) >= 11 is 2.00. The molecule has 20 heavy (non-hydrogen) atoms. The molecule has 1 saturated carbocycles. The molecule has 4 nitrogen and oxygen atoms in total. The van der Waals surface area contributed by atoms with Gasteiger partial charge in [0.05, 0.1) is 17.3 Å². The predicted molar refractivity (Wildman–Crippen MR) is 80.6 cm³/mol. The topological polar surface area (TPSA) is 45.2 Å².